The summed E-state index contributed by atoms with van der Waals surface area (Å²) in [6, 6.07) is -0.626. The van der Waals surface area contributed by atoms with Gasteiger partial charge >= 0.3 is 0 Å². The Morgan fingerprint density at radius 1 is 1.35 bits per heavy atom. The zero-order valence-electron chi connectivity index (χ0n) is 11.8. The number of methoxy groups -OCH3 is 1. The van der Waals surface area contributed by atoms with Crippen molar-refractivity contribution in [2.45, 2.75) is 50.7 Å². The highest BCUT2D eigenvalue weighted by molar-refractivity contribution is 5.98. The fourth-order valence-electron chi connectivity index (χ4n) is 2.51. The molecule has 0 aliphatic heterocycles. The lowest BCUT2D eigenvalue weighted by molar-refractivity contribution is -0.138. The molecule has 0 bridgehead atoms. The van der Waals surface area contributed by atoms with Gasteiger partial charge in [0.2, 0.25) is 0 Å². The smallest absolute Gasteiger partial charge is 0.257 e. The molecule has 7 heteroatoms. The van der Waals surface area contributed by atoms with Gasteiger partial charge in [-0.25, -0.2) is 0 Å². The molecule has 1 aliphatic carbocycles. The third kappa shape index (κ3) is 6.65. The Bertz CT molecular complexity index is 309. The first-order valence-corrected chi connectivity index (χ1v) is 6.81. The number of imide groups is 1. The average molecular weight is 309 g/mol. The maximum absolute atomic E-state index is 11.6. The molecule has 0 aromatic heterocycles. The zero-order valence-corrected chi connectivity index (χ0v) is 12.7. The summed E-state index contributed by atoms with van der Waals surface area (Å²) < 4.78 is 4.59. The quantitative estimate of drug-likeness (QED) is 0.657. The van der Waals surface area contributed by atoms with Crippen LogP contribution in [0.3, 0.4) is 0 Å². The van der Waals surface area contributed by atoms with Crippen LogP contribution in [0.4, 0.5) is 0 Å². The number of ether oxygens (including phenoxy) is 1. The van der Waals surface area contributed by atoms with Crippen molar-refractivity contribution in [2.24, 2.45) is 11.7 Å². The fraction of sp³-hybridized carbons (Fsp3) is 0.846. The number of carbonyl (C=O) groups excluding carboxylic acids is 2. The summed E-state index contributed by atoms with van der Waals surface area (Å²) in [5.74, 6) is -0.845. The molecule has 0 unspecified atom stereocenters. The topological polar surface area (TPSA) is 102 Å². The van der Waals surface area contributed by atoms with E-state index in [0.29, 0.717) is 12.3 Å². The molecule has 118 valence electrons. The predicted molar refractivity (Wildman–Crippen MR) is 77.4 cm³/mol. The minimum atomic E-state index is -1.34. The van der Waals surface area contributed by atoms with Crippen LogP contribution in [0, 0.1) is 5.92 Å². The molecule has 1 rings (SSSR count). The van der Waals surface area contributed by atoms with Gasteiger partial charge in [0.25, 0.3) is 11.8 Å². The van der Waals surface area contributed by atoms with Gasteiger partial charge in [-0.3, -0.25) is 14.9 Å². The van der Waals surface area contributed by atoms with Crippen LogP contribution in [-0.4, -0.2) is 42.8 Å². The maximum atomic E-state index is 11.6. The van der Waals surface area contributed by atoms with Crippen LogP contribution < -0.4 is 11.1 Å². The summed E-state index contributed by atoms with van der Waals surface area (Å²) in [6.45, 7) is -0.212. The highest BCUT2D eigenvalue weighted by atomic mass is 35.5. The molecule has 1 fully saturated rings. The third-order valence-corrected chi connectivity index (χ3v) is 3.54. The molecule has 1 aliphatic rings. The van der Waals surface area contributed by atoms with E-state index in [1.54, 1.807) is 0 Å². The van der Waals surface area contributed by atoms with Crippen LogP contribution in [0.25, 0.3) is 0 Å². The molecule has 0 saturated heterocycles. The Morgan fingerprint density at radius 3 is 2.50 bits per heavy atom. The second kappa shape index (κ2) is 10.1. The normalized spacial score (nSPS) is 18.8. The van der Waals surface area contributed by atoms with E-state index >= 15 is 0 Å². The van der Waals surface area contributed by atoms with Gasteiger partial charge in [0.05, 0.1) is 0 Å². The number of nitrogens with two attached hydrogens (primary N) is 1. The van der Waals surface area contributed by atoms with E-state index in [9.17, 15) is 14.7 Å². The predicted octanol–water partition coefficient (Wildman–Crippen LogP) is 0.356. The zero-order chi connectivity index (χ0) is 14.3. The first-order valence-electron chi connectivity index (χ1n) is 6.81. The SMILES string of the molecule is COCC(=O)NC(=O)[C@@H](O)[C@H](N)CC1CCCCC1.Cl. The standard InChI is InChI=1S/C13H24N2O4.ClH/c1-19-8-11(16)15-13(18)12(17)10(14)7-9-5-3-2-4-6-9;/h9-10,12,17H,2-8,14H2,1H3,(H,15,16,18);1H/t10-,12+;/m1./s1. The average Bonchev–Trinajstić information content (AvgIpc) is 2.39. The first-order chi connectivity index (χ1) is 9.04. The van der Waals surface area contributed by atoms with Crippen LogP contribution in [0.2, 0.25) is 0 Å². The van der Waals surface area contributed by atoms with Crippen molar-refractivity contribution in [3.8, 4) is 0 Å². The van der Waals surface area contributed by atoms with Crippen LogP contribution >= 0.6 is 12.4 Å². The molecule has 0 aromatic rings. The van der Waals surface area contributed by atoms with Crippen LogP contribution in [0.5, 0.6) is 0 Å². The Labute approximate surface area is 125 Å². The molecule has 20 heavy (non-hydrogen) atoms. The Morgan fingerprint density at radius 2 is 1.95 bits per heavy atom. The van der Waals surface area contributed by atoms with E-state index in [1.165, 1.54) is 26.4 Å². The lowest BCUT2D eigenvalue weighted by Crippen LogP contribution is -2.49. The fourth-order valence-corrected chi connectivity index (χ4v) is 2.51. The Hall–Kier alpha value is -0.690. The first kappa shape index (κ1) is 19.3. The number of aliphatic hydroxyl groups excluding tert-OH is 1. The molecule has 0 aromatic carbocycles. The number of aliphatic hydroxyl groups is 1. The summed E-state index contributed by atoms with van der Waals surface area (Å²) in [5, 5.41) is 11.9. The molecule has 6 nitrogen and oxygen atoms in total. The van der Waals surface area contributed by atoms with E-state index in [4.69, 9.17) is 5.73 Å². The van der Waals surface area contributed by atoms with Gasteiger partial charge < -0.3 is 15.6 Å². The van der Waals surface area contributed by atoms with Crippen molar-refractivity contribution in [3.05, 3.63) is 0 Å². The van der Waals surface area contributed by atoms with E-state index in [2.05, 4.69) is 10.1 Å². The van der Waals surface area contributed by atoms with Crippen molar-refractivity contribution in [3.63, 3.8) is 0 Å². The molecule has 0 spiro atoms. The van der Waals surface area contributed by atoms with Gasteiger partial charge in [0.1, 0.15) is 12.7 Å². The van der Waals surface area contributed by atoms with E-state index in [-0.39, 0.29) is 19.0 Å². The van der Waals surface area contributed by atoms with Gasteiger partial charge in [-0.15, -0.1) is 12.4 Å². The number of hydrogen-bond donors (Lipinski definition) is 3. The number of rotatable bonds is 6. The summed E-state index contributed by atoms with van der Waals surface area (Å²) >= 11 is 0. The number of amides is 2. The summed E-state index contributed by atoms with van der Waals surface area (Å²) in [4.78, 5) is 22.8. The Kier molecular flexibility index (Phi) is 9.75. The molecule has 1 saturated carbocycles. The summed E-state index contributed by atoms with van der Waals surface area (Å²) in [6.07, 6.45) is 5.10. The lowest BCUT2D eigenvalue weighted by atomic mass is 9.84. The van der Waals surface area contributed by atoms with Crippen LogP contribution in [0.15, 0.2) is 0 Å². The van der Waals surface area contributed by atoms with Gasteiger partial charge in [-0.2, -0.15) is 0 Å². The molecule has 2 atom stereocenters. The van der Waals surface area contributed by atoms with Crippen LogP contribution in [-0.2, 0) is 14.3 Å². The van der Waals surface area contributed by atoms with Crippen molar-refractivity contribution in [1.29, 1.82) is 0 Å². The molecular formula is C13H25ClN2O4. The minimum Gasteiger partial charge on any atom is -0.382 e. The second-order valence-corrected chi connectivity index (χ2v) is 5.19. The highest BCUT2D eigenvalue weighted by Crippen LogP contribution is 2.27. The largest absolute Gasteiger partial charge is 0.382 e. The van der Waals surface area contributed by atoms with Crippen molar-refractivity contribution >= 4 is 24.2 Å². The monoisotopic (exact) mass is 308 g/mol. The Balaban J connectivity index is 0.00000361. The molecular weight excluding hydrogens is 284 g/mol. The van der Waals surface area contributed by atoms with Crippen molar-refractivity contribution < 1.29 is 19.4 Å². The minimum absolute atomic E-state index is 0. The molecule has 2 amide bonds. The van der Waals surface area contributed by atoms with Gasteiger partial charge in [0, 0.05) is 13.2 Å². The van der Waals surface area contributed by atoms with Gasteiger partial charge in [-0.05, 0) is 12.3 Å². The summed E-state index contributed by atoms with van der Waals surface area (Å²) in [5.41, 5.74) is 5.85. The van der Waals surface area contributed by atoms with Crippen molar-refractivity contribution in [1.82, 2.24) is 5.32 Å². The number of halogens is 1. The third-order valence-electron chi connectivity index (χ3n) is 3.54. The number of carbonyl (C=O) groups is 2. The van der Waals surface area contributed by atoms with Crippen molar-refractivity contribution in [2.75, 3.05) is 13.7 Å². The van der Waals surface area contributed by atoms with E-state index < -0.39 is 24.0 Å². The van der Waals surface area contributed by atoms with E-state index in [0.717, 1.165) is 12.8 Å². The van der Waals surface area contributed by atoms with Gasteiger partial charge in [0.15, 0.2) is 0 Å². The van der Waals surface area contributed by atoms with Gasteiger partial charge in [-0.1, -0.05) is 32.1 Å². The lowest BCUT2D eigenvalue weighted by Gasteiger charge is -2.26. The second-order valence-electron chi connectivity index (χ2n) is 5.19. The number of nitrogens with one attached hydrogen (secondary N) is 1. The molecule has 4 N–H and O–H groups in total. The maximum Gasteiger partial charge on any atom is 0.257 e. The molecule has 0 radical (unpaired) electrons. The molecule has 0 heterocycles. The summed E-state index contributed by atoms with van der Waals surface area (Å²) in [7, 11) is 1.36. The number of hydrogen-bond acceptors (Lipinski definition) is 5. The van der Waals surface area contributed by atoms with E-state index in [1.807, 2.05) is 0 Å². The van der Waals surface area contributed by atoms with Crippen LogP contribution in [0.1, 0.15) is 38.5 Å². The highest BCUT2D eigenvalue weighted by Gasteiger charge is 2.27.